The van der Waals surface area contributed by atoms with Crippen LogP contribution in [-0.2, 0) is 4.79 Å². The number of hydrogen-bond acceptors (Lipinski definition) is 3. The van der Waals surface area contributed by atoms with E-state index in [9.17, 15) is 13.2 Å². The summed E-state index contributed by atoms with van der Waals surface area (Å²) in [5, 5.41) is 10.5. The topological polar surface area (TPSA) is 52.6 Å². The number of hydrogen-bond donors (Lipinski definition) is 2. The second kappa shape index (κ2) is 5.22. The molecule has 2 saturated heterocycles. The van der Waals surface area contributed by atoms with E-state index >= 15 is 0 Å². The van der Waals surface area contributed by atoms with Crippen LogP contribution in [0, 0.1) is 0 Å². The molecule has 2 aliphatic rings. The highest BCUT2D eigenvalue weighted by molar-refractivity contribution is 5.73. The van der Waals surface area contributed by atoms with E-state index in [2.05, 4.69) is 17.1 Å². The summed E-state index contributed by atoms with van der Waals surface area (Å²) in [6, 6.07) is 0. The van der Waals surface area contributed by atoms with Crippen LogP contribution in [0.1, 0.15) is 19.8 Å². The molecule has 0 aromatic carbocycles. The Kier molecular flexibility index (Phi) is 4.37. The molecule has 4 nitrogen and oxygen atoms in total. The first kappa shape index (κ1) is 14.2. The molecule has 0 aromatic heterocycles. The number of carboxylic acids is 1. The van der Waals surface area contributed by atoms with Gasteiger partial charge in [-0.15, -0.1) is 0 Å². The van der Waals surface area contributed by atoms with Gasteiger partial charge in [0.15, 0.2) is 0 Å². The molecule has 2 aliphatic heterocycles. The van der Waals surface area contributed by atoms with Gasteiger partial charge < -0.3 is 10.4 Å². The largest absolute Gasteiger partial charge is 0.490 e. The third-order valence-electron chi connectivity index (χ3n) is 3.34. The molecule has 2 rings (SSSR count). The minimum absolute atomic E-state index is 0.582. The number of carboxylic acid groups (broad SMARTS) is 1. The van der Waals surface area contributed by atoms with Gasteiger partial charge in [0.1, 0.15) is 0 Å². The fourth-order valence-electron chi connectivity index (χ4n) is 1.90. The van der Waals surface area contributed by atoms with Crippen LogP contribution in [0.15, 0.2) is 0 Å². The van der Waals surface area contributed by atoms with Crippen LogP contribution in [0.25, 0.3) is 0 Å². The average Bonchev–Trinajstić information content (AvgIpc) is 2.07. The van der Waals surface area contributed by atoms with Crippen molar-refractivity contribution >= 4 is 5.97 Å². The molecular formula is C10H17F3N2O2. The van der Waals surface area contributed by atoms with Crippen LogP contribution in [0.2, 0.25) is 0 Å². The summed E-state index contributed by atoms with van der Waals surface area (Å²) in [5.74, 6) is -2.76. The zero-order chi connectivity index (χ0) is 13.1. The lowest BCUT2D eigenvalue weighted by atomic mass is 9.85. The molecule has 17 heavy (non-hydrogen) atoms. The van der Waals surface area contributed by atoms with Gasteiger partial charge in [0.2, 0.25) is 0 Å². The molecule has 2 N–H and O–H groups in total. The van der Waals surface area contributed by atoms with E-state index in [-0.39, 0.29) is 0 Å². The molecule has 0 saturated carbocycles. The van der Waals surface area contributed by atoms with Crippen LogP contribution < -0.4 is 5.32 Å². The van der Waals surface area contributed by atoms with Gasteiger partial charge in [-0.1, -0.05) is 6.92 Å². The predicted molar refractivity (Wildman–Crippen MR) is 55.8 cm³/mol. The molecular weight excluding hydrogens is 237 g/mol. The summed E-state index contributed by atoms with van der Waals surface area (Å²) < 4.78 is 31.7. The van der Waals surface area contributed by atoms with Crippen molar-refractivity contribution in [2.75, 3.05) is 26.2 Å². The Morgan fingerprint density at radius 2 is 1.88 bits per heavy atom. The highest BCUT2D eigenvalue weighted by Crippen LogP contribution is 2.28. The van der Waals surface area contributed by atoms with Gasteiger partial charge in [-0.25, -0.2) is 4.79 Å². The Bertz CT molecular complexity index is 268. The summed E-state index contributed by atoms with van der Waals surface area (Å²) >= 11 is 0. The number of nitrogens with one attached hydrogen (secondary N) is 1. The van der Waals surface area contributed by atoms with Crippen molar-refractivity contribution < 1.29 is 23.1 Å². The number of aliphatic carboxylic acids is 1. The normalized spacial score (nSPS) is 22.8. The maximum absolute atomic E-state index is 10.6. The Morgan fingerprint density at radius 3 is 1.94 bits per heavy atom. The van der Waals surface area contributed by atoms with E-state index in [1.807, 2.05) is 0 Å². The minimum atomic E-state index is -5.08. The van der Waals surface area contributed by atoms with Crippen molar-refractivity contribution in [1.82, 2.24) is 10.2 Å². The Hall–Kier alpha value is -0.820. The number of alkyl halides is 3. The van der Waals surface area contributed by atoms with Crippen molar-refractivity contribution in [1.29, 1.82) is 0 Å². The fourth-order valence-corrected chi connectivity index (χ4v) is 1.90. The summed E-state index contributed by atoms with van der Waals surface area (Å²) in [5.41, 5.74) is 0.582. The molecule has 0 spiro atoms. The van der Waals surface area contributed by atoms with Gasteiger partial charge in [-0.3, -0.25) is 4.90 Å². The summed E-state index contributed by atoms with van der Waals surface area (Å²) in [6.07, 6.45) is -2.35. The van der Waals surface area contributed by atoms with E-state index < -0.39 is 12.1 Å². The van der Waals surface area contributed by atoms with Crippen molar-refractivity contribution in [2.45, 2.75) is 31.5 Å². The first-order valence-corrected chi connectivity index (χ1v) is 5.58. The van der Waals surface area contributed by atoms with E-state index in [0.717, 1.165) is 0 Å². The molecule has 2 heterocycles. The Morgan fingerprint density at radius 1 is 1.41 bits per heavy atom. The van der Waals surface area contributed by atoms with Crippen LogP contribution in [-0.4, -0.2) is 53.9 Å². The molecule has 0 aromatic rings. The monoisotopic (exact) mass is 254 g/mol. The molecule has 100 valence electrons. The highest BCUT2D eigenvalue weighted by Gasteiger charge is 2.42. The van der Waals surface area contributed by atoms with Crippen molar-refractivity contribution in [2.24, 2.45) is 0 Å². The molecule has 0 amide bonds. The van der Waals surface area contributed by atoms with Crippen molar-refractivity contribution in [3.8, 4) is 0 Å². The zero-order valence-corrected chi connectivity index (χ0v) is 9.68. The molecule has 0 unspecified atom stereocenters. The van der Waals surface area contributed by atoms with E-state index in [1.54, 1.807) is 0 Å². The smallest absolute Gasteiger partial charge is 0.475 e. The zero-order valence-electron chi connectivity index (χ0n) is 9.68. The second-order valence-corrected chi connectivity index (χ2v) is 4.32. The third kappa shape index (κ3) is 3.32. The van der Waals surface area contributed by atoms with Gasteiger partial charge in [-0.2, -0.15) is 13.2 Å². The van der Waals surface area contributed by atoms with Gasteiger partial charge >= 0.3 is 12.1 Å². The maximum Gasteiger partial charge on any atom is 0.490 e. The third-order valence-corrected chi connectivity index (χ3v) is 3.34. The van der Waals surface area contributed by atoms with Gasteiger partial charge in [0.25, 0.3) is 0 Å². The lowest BCUT2D eigenvalue weighted by molar-refractivity contribution is -0.192. The minimum Gasteiger partial charge on any atom is -0.475 e. The molecule has 0 aliphatic carbocycles. The molecule has 2 fully saturated rings. The highest BCUT2D eigenvalue weighted by atomic mass is 19.4. The van der Waals surface area contributed by atoms with Crippen molar-refractivity contribution in [3.63, 3.8) is 0 Å². The van der Waals surface area contributed by atoms with Crippen LogP contribution in [0.3, 0.4) is 0 Å². The quantitative estimate of drug-likeness (QED) is 0.774. The van der Waals surface area contributed by atoms with Crippen LogP contribution in [0.5, 0.6) is 0 Å². The van der Waals surface area contributed by atoms with Crippen LogP contribution >= 0.6 is 0 Å². The van der Waals surface area contributed by atoms with Crippen LogP contribution in [0.4, 0.5) is 13.2 Å². The first-order valence-electron chi connectivity index (χ1n) is 5.58. The number of nitrogens with zero attached hydrogens (tertiary/aromatic N) is 1. The number of carbonyl (C=O) groups is 1. The number of rotatable bonds is 2. The van der Waals surface area contributed by atoms with E-state index in [0.29, 0.717) is 5.54 Å². The maximum atomic E-state index is 10.6. The number of likely N-dealkylation sites (tertiary alicyclic amines) is 1. The Balaban J connectivity index is 0.000000185. The fraction of sp³-hybridized carbons (Fsp3) is 0.900. The van der Waals surface area contributed by atoms with E-state index in [4.69, 9.17) is 9.90 Å². The SMILES string of the molecule is CCC1(N2CCC2)CNC1.O=C(O)C(F)(F)F. The molecule has 0 atom stereocenters. The lowest BCUT2D eigenvalue weighted by Gasteiger charge is -2.54. The van der Waals surface area contributed by atoms with Gasteiger partial charge in [0, 0.05) is 31.7 Å². The van der Waals surface area contributed by atoms with Gasteiger partial charge in [-0.05, 0) is 12.8 Å². The first-order chi connectivity index (χ1) is 7.82. The standard InChI is InChI=1S/C8H16N2.C2HF3O2/c1-2-8(6-9-7-8)10-4-3-5-10;3-2(4,5)1(6)7/h9H,2-7H2,1H3;(H,6,7). The van der Waals surface area contributed by atoms with Crippen molar-refractivity contribution in [3.05, 3.63) is 0 Å². The van der Waals surface area contributed by atoms with E-state index in [1.165, 1.54) is 39.0 Å². The molecule has 7 heteroatoms. The Labute approximate surface area is 97.8 Å². The predicted octanol–water partition coefficient (Wildman–Crippen LogP) is 1.08. The average molecular weight is 254 g/mol. The summed E-state index contributed by atoms with van der Waals surface area (Å²) in [4.78, 5) is 11.5. The number of halogens is 3. The van der Waals surface area contributed by atoms with Gasteiger partial charge in [0.05, 0.1) is 0 Å². The molecule has 0 radical (unpaired) electrons. The molecule has 0 bridgehead atoms. The second-order valence-electron chi connectivity index (χ2n) is 4.32. The lowest BCUT2D eigenvalue weighted by Crippen LogP contribution is -2.71. The summed E-state index contributed by atoms with van der Waals surface area (Å²) in [6.45, 7) is 7.44. The summed E-state index contributed by atoms with van der Waals surface area (Å²) in [7, 11) is 0.